The summed E-state index contributed by atoms with van der Waals surface area (Å²) in [5.41, 5.74) is 1.32. The fourth-order valence-corrected chi connectivity index (χ4v) is 5.50. The Kier molecular flexibility index (Phi) is 14.1. The van der Waals surface area contributed by atoms with E-state index in [1.165, 1.54) is 22.2 Å². The number of nitrogens with one attached hydrogen (secondary N) is 3. The third-order valence-electron chi connectivity index (χ3n) is 6.80. The number of carbonyl (C=O) groups is 5. The van der Waals surface area contributed by atoms with Gasteiger partial charge in [-0.1, -0.05) is 49.7 Å². The fourth-order valence-electron chi connectivity index (χ4n) is 4.34. The summed E-state index contributed by atoms with van der Waals surface area (Å²) in [7, 11) is 1.90. The van der Waals surface area contributed by atoms with Crippen LogP contribution in [0.4, 0.5) is 4.79 Å². The molecule has 3 rings (SSSR count). The molecule has 12 heteroatoms. The van der Waals surface area contributed by atoms with Crippen molar-refractivity contribution in [3.8, 4) is 0 Å². The molecule has 0 spiro atoms. The van der Waals surface area contributed by atoms with Crippen molar-refractivity contribution in [3.63, 3.8) is 0 Å². The average molecular weight is 592 g/mol. The third kappa shape index (κ3) is 11.0. The number of urea groups is 1. The van der Waals surface area contributed by atoms with Gasteiger partial charge in [-0.15, -0.1) is 11.8 Å². The van der Waals surface area contributed by atoms with Gasteiger partial charge >= 0.3 is 12.0 Å². The molecule has 2 atom stereocenters. The first-order valence-corrected chi connectivity index (χ1v) is 15.2. The summed E-state index contributed by atoms with van der Waals surface area (Å²) in [6.45, 7) is 9.72. The molecular formula is C29H45N5O6S. The summed E-state index contributed by atoms with van der Waals surface area (Å²) in [4.78, 5) is 65.5. The molecule has 0 aliphatic carbocycles. The van der Waals surface area contributed by atoms with Crippen LogP contribution in [-0.2, 0) is 23.9 Å². The molecule has 0 saturated carbocycles. The molecule has 2 fully saturated rings. The number of aryl methyl sites for hydroxylation is 1. The van der Waals surface area contributed by atoms with Crippen LogP contribution in [-0.4, -0.2) is 102 Å². The monoisotopic (exact) mass is 591 g/mol. The van der Waals surface area contributed by atoms with Crippen LogP contribution >= 0.6 is 11.8 Å². The second-order valence-electron chi connectivity index (χ2n) is 10.8. The van der Waals surface area contributed by atoms with Crippen molar-refractivity contribution < 1.29 is 28.7 Å². The first-order chi connectivity index (χ1) is 19.4. The highest BCUT2D eigenvalue weighted by Crippen LogP contribution is 2.23. The molecule has 3 N–H and O–H groups in total. The molecule has 1 aromatic rings. The Hall–Kier alpha value is -3.12. The van der Waals surface area contributed by atoms with Crippen LogP contribution in [0.1, 0.15) is 46.1 Å². The lowest BCUT2D eigenvalue weighted by molar-refractivity contribution is -0.156. The number of ketones is 1. The van der Waals surface area contributed by atoms with Crippen molar-refractivity contribution in [2.24, 2.45) is 5.92 Å². The number of Topliss-reactive ketones (excluding diaryl/α,β-unsaturated/α-hetero) is 1. The minimum atomic E-state index is -1.01. The van der Waals surface area contributed by atoms with Gasteiger partial charge in [0.05, 0.1) is 18.5 Å². The number of benzene rings is 1. The van der Waals surface area contributed by atoms with Gasteiger partial charge in [0, 0.05) is 24.9 Å². The Bertz CT molecular complexity index is 1030. The maximum absolute atomic E-state index is 13.3. The zero-order chi connectivity index (χ0) is 30.5. The predicted molar refractivity (Wildman–Crippen MR) is 159 cm³/mol. The number of amides is 4. The van der Waals surface area contributed by atoms with Gasteiger partial charge in [-0.3, -0.25) is 14.4 Å². The molecule has 228 valence electrons. The van der Waals surface area contributed by atoms with E-state index in [0.29, 0.717) is 30.8 Å². The standard InChI is InChI=1S/C22H37N5O6S.C7H8/c1-13(2)18(25-22(32)26-8-6-15(23-5)7-9-26)20(30)27-12-34-11-16(27)19(29)24-10-17(28)21(31)33-14(3)4;1-7-5-3-2-4-6-7/h13-16,18,23H,6-12H2,1-5H3,(H,24,29)(H,25,32);2-6H,1H3/t16-,18?;/m0./s1. The van der Waals surface area contributed by atoms with Gasteiger partial charge in [-0.05, 0) is 46.6 Å². The van der Waals surface area contributed by atoms with E-state index in [-0.39, 0.29) is 17.9 Å². The van der Waals surface area contributed by atoms with E-state index in [9.17, 15) is 24.0 Å². The molecule has 2 heterocycles. The zero-order valence-corrected chi connectivity index (χ0v) is 25.8. The highest BCUT2D eigenvalue weighted by molar-refractivity contribution is 7.99. The van der Waals surface area contributed by atoms with E-state index in [0.717, 1.165) is 12.8 Å². The molecule has 4 amide bonds. The van der Waals surface area contributed by atoms with E-state index in [1.54, 1.807) is 18.7 Å². The summed E-state index contributed by atoms with van der Waals surface area (Å²) in [6.07, 6.45) is 1.25. The van der Waals surface area contributed by atoms with Gasteiger partial charge in [0.15, 0.2) is 0 Å². The second-order valence-corrected chi connectivity index (χ2v) is 11.8. The lowest BCUT2D eigenvalue weighted by Gasteiger charge is -2.35. The Morgan fingerprint density at radius 1 is 1.02 bits per heavy atom. The number of piperidine rings is 1. The van der Waals surface area contributed by atoms with Crippen LogP contribution in [0.2, 0.25) is 0 Å². The van der Waals surface area contributed by atoms with E-state index < -0.39 is 42.4 Å². The number of likely N-dealkylation sites (tertiary alicyclic amines) is 1. The van der Waals surface area contributed by atoms with Crippen LogP contribution in [0.25, 0.3) is 0 Å². The summed E-state index contributed by atoms with van der Waals surface area (Å²) in [5.74, 6) is -2.26. The lowest BCUT2D eigenvalue weighted by Crippen LogP contribution is -2.58. The predicted octanol–water partition coefficient (Wildman–Crippen LogP) is 1.94. The van der Waals surface area contributed by atoms with Gasteiger partial charge in [0.1, 0.15) is 12.1 Å². The summed E-state index contributed by atoms with van der Waals surface area (Å²) in [5, 5.41) is 8.51. The Morgan fingerprint density at radius 3 is 2.17 bits per heavy atom. The van der Waals surface area contributed by atoms with Crippen molar-refractivity contribution in [3.05, 3.63) is 35.9 Å². The zero-order valence-electron chi connectivity index (χ0n) is 25.0. The molecule has 41 heavy (non-hydrogen) atoms. The first kappa shape index (κ1) is 34.1. The highest BCUT2D eigenvalue weighted by atomic mass is 32.2. The quantitative estimate of drug-likeness (QED) is 0.293. The topological polar surface area (TPSA) is 137 Å². The number of carbonyl (C=O) groups excluding carboxylic acids is 5. The smallest absolute Gasteiger partial charge is 0.376 e. The van der Waals surface area contributed by atoms with Crippen molar-refractivity contribution in [1.29, 1.82) is 0 Å². The molecule has 1 aromatic carbocycles. The van der Waals surface area contributed by atoms with Crippen LogP contribution in [0.5, 0.6) is 0 Å². The molecule has 0 bridgehead atoms. The number of rotatable bonds is 9. The summed E-state index contributed by atoms with van der Waals surface area (Å²) >= 11 is 1.41. The van der Waals surface area contributed by atoms with Crippen LogP contribution in [0, 0.1) is 12.8 Å². The molecule has 2 saturated heterocycles. The Balaban J connectivity index is 0.000000729. The van der Waals surface area contributed by atoms with Crippen LogP contribution in [0.3, 0.4) is 0 Å². The van der Waals surface area contributed by atoms with Gasteiger partial charge in [0.25, 0.3) is 5.78 Å². The summed E-state index contributed by atoms with van der Waals surface area (Å²) in [6, 6.07) is 8.77. The molecule has 0 aromatic heterocycles. The molecule has 2 aliphatic heterocycles. The van der Waals surface area contributed by atoms with Crippen molar-refractivity contribution in [2.75, 3.05) is 38.3 Å². The van der Waals surface area contributed by atoms with Crippen molar-refractivity contribution in [1.82, 2.24) is 25.8 Å². The minimum absolute atomic E-state index is 0.187. The van der Waals surface area contributed by atoms with E-state index in [1.807, 2.05) is 39.1 Å². The van der Waals surface area contributed by atoms with Gasteiger partial charge in [-0.25, -0.2) is 9.59 Å². The highest BCUT2D eigenvalue weighted by Gasteiger charge is 2.40. The van der Waals surface area contributed by atoms with Crippen LogP contribution < -0.4 is 16.0 Å². The fraction of sp³-hybridized carbons (Fsp3) is 0.621. The lowest BCUT2D eigenvalue weighted by atomic mass is 10.0. The SMILES string of the molecule is CNC1CCN(C(=O)NC(C(=O)N2CSC[C@H]2C(=O)NCC(=O)C(=O)OC(C)C)C(C)C)CC1.Cc1ccccc1. The second kappa shape index (κ2) is 17.0. The molecule has 2 aliphatic rings. The summed E-state index contributed by atoms with van der Waals surface area (Å²) < 4.78 is 4.83. The number of hydrogen-bond donors (Lipinski definition) is 3. The van der Waals surface area contributed by atoms with Gasteiger partial charge in [-0.2, -0.15) is 0 Å². The first-order valence-electron chi connectivity index (χ1n) is 14.1. The van der Waals surface area contributed by atoms with Crippen molar-refractivity contribution >= 4 is 41.4 Å². The molecular weight excluding hydrogens is 546 g/mol. The number of nitrogens with zero attached hydrogens (tertiary/aromatic N) is 2. The largest absolute Gasteiger partial charge is 0.457 e. The van der Waals surface area contributed by atoms with Gasteiger partial charge < -0.3 is 30.5 Å². The number of ether oxygens (including phenoxy) is 1. The van der Waals surface area contributed by atoms with E-state index >= 15 is 0 Å². The maximum Gasteiger partial charge on any atom is 0.376 e. The van der Waals surface area contributed by atoms with E-state index in [4.69, 9.17) is 4.74 Å². The molecule has 0 radical (unpaired) electrons. The minimum Gasteiger partial charge on any atom is -0.457 e. The average Bonchev–Trinajstić information content (AvgIpc) is 3.44. The van der Waals surface area contributed by atoms with E-state index in [2.05, 4.69) is 35.0 Å². The molecule has 11 nitrogen and oxygen atoms in total. The Labute approximate surface area is 247 Å². The number of esters is 1. The van der Waals surface area contributed by atoms with Crippen molar-refractivity contribution in [2.45, 2.75) is 71.7 Å². The normalized spacial score (nSPS) is 17.9. The number of thioether (sulfide) groups is 1. The third-order valence-corrected chi connectivity index (χ3v) is 7.82. The Morgan fingerprint density at radius 2 is 1.66 bits per heavy atom. The van der Waals surface area contributed by atoms with Crippen LogP contribution in [0.15, 0.2) is 30.3 Å². The molecule has 1 unspecified atom stereocenters. The number of hydrogen-bond acceptors (Lipinski definition) is 8. The maximum atomic E-state index is 13.3. The van der Waals surface area contributed by atoms with Gasteiger partial charge in [0.2, 0.25) is 11.8 Å².